The van der Waals surface area contributed by atoms with Crippen molar-refractivity contribution < 1.29 is 19.4 Å². The monoisotopic (exact) mass is 204 g/mol. The molecule has 82 valence electrons. The van der Waals surface area contributed by atoms with Crippen molar-refractivity contribution in [3.05, 3.63) is 0 Å². The third-order valence-electron chi connectivity index (χ3n) is 1.45. The van der Waals surface area contributed by atoms with Crippen LogP contribution in [0.2, 0.25) is 0 Å². The number of nitrogens with one attached hydrogen (secondary N) is 2. The Bertz CT molecular complexity index is 196. The van der Waals surface area contributed by atoms with Gasteiger partial charge in [-0.2, -0.15) is 0 Å². The number of aliphatic carboxylic acids is 1. The van der Waals surface area contributed by atoms with Gasteiger partial charge in [-0.05, 0) is 13.8 Å². The summed E-state index contributed by atoms with van der Waals surface area (Å²) in [5.41, 5.74) is 0. The van der Waals surface area contributed by atoms with Crippen LogP contribution in [0.4, 0.5) is 4.79 Å². The van der Waals surface area contributed by atoms with Crippen molar-refractivity contribution in [3.63, 3.8) is 0 Å². The summed E-state index contributed by atoms with van der Waals surface area (Å²) < 4.78 is 4.98. The lowest BCUT2D eigenvalue weighted by Gasteiger charge is -2.10. The highest BCUT2D eigenvalue weighted by Crippen LogP contribution is 1.80. The lowest BCUT2D eigenvalue weighted by molar-refractivity contribution is -0.138. The van der Waals surface area contributed by atoms with Crippen LogP contribution in [0.25, 0.3) is 0 Å². The SMILES string of the molecule is CCOCCNC(=O)NC(C)C(=O)O. The van der Waals surface area contributed by atoms with Crippen molar-refractivity contribution in [2.24, 2.45) is 0 Å². The molecule has 3 N–H and O–H groups in total. The molecule has 6 nitrogen and oxygen atoms in total. The molecular weight excluding hydrogens is 188 g/mol. The number of hydrogen-bond donors (Lipinski definition) is 3. The number of ether oxygens (including phenoxy) is 1. The number of amides is 2. The summed E-state index contributed by atoms with van der Waals surface area (Å²) in [4.78, 5) is 21.3. The Labute approximate surface area is 82.6 Å². The molecule has 0 aromatic carbocycles. The maximum absolute atomic E-state index is 11.0. The smallest absolute Gasteiger partial charge is 0.325 e. The molecule has 2 amide bonds. The molecular formula is C8H16N2O4. The van der Waals surface area contributed by atoms with E-state index in [4.69, 9.17) is 9.84 Å². The van der Waals surface area contributed by atoms with E-state index in [0.717, 1.165) is 0 Å². The second-order valence-electron chi connectivity index (χ2n) is 2.66. The number of carbonyl (C=O) groups excluding carboxylic acids is 1. The zero-order valence-electron chi connectivity index (χ0n) is 8.37. The van der Waals surface area contributed by atoms with Gasteiger partial charge >= 0.3 is 12.0 Å². The van der Waals surface area contributed by atoms with Crippen LogP contribution < -0.4 is 10.6 Å². The molecule has 14 heavy (non-hydrogen) atoms. The molecule has 0 saturated carbocycles. The Morgan fingerprint density at radius 2 is 2.14 bits per heavy atom. The van der Waals surface area contributed by atoms with Gasteiger partial charge in [-0.25, -0.2) is 4.79 Å². The Morgan fingerprint density at radius 3 is 2.64 bits per heavy atom. The maximum atomic E-state index is 11.0. The normalized spacial score (nSPS) is 11.9. The van der Waals surface area contributed by atoms with Gasteiger partial charge in [-0.3, -0.25) is 4.79 Å². The van der Waals surface area contributed by atoms with Crippen LogP contribution in [-0.2, 0) is 9.53 Å². The second kappa shape index (κ2) is 7.14. The zero-order valence-corrected chi connectivity index (χ0v) is 8.37. The van der Waals surface area contributed by atoms with Gasteiger partial charge in [0.2, 0.25) is 0 Å². The average Bonchev–Trinajstić information content (AvgIpc) is 2.12. The quantitative estimate of drug-likeness (QED) is 0.523. The summed E-state index contributed by atoms with van der Waals surface area (Å²) in [7, 11) is 0. The van der Waals surface area contributed by atoms with Gasteiger partial charge in [0, 0.05) is 13.2 Å². The van der Waals surface area contributed by atoms with Crippen LogP contribution in [0, 0.1) is 0 Å². The molecule has 1 atom stereocenters. The predicted octanol–water partition coefficient (Wildman–Crippen LogP) is -0.205. The highest BCUT2D eigenvalue weighted by Gasteiger charge is 2.12. The van der Waals surface area contributed by atoms with Gasteiger partial charge in [0.1, 0.15) is 6.04 Å². The van der Waals surface area contributed by atoms with E-state index in [0.29, 0.717) is 19.8 Å². The van der Waals surface area contributed by atoms with E-state index in [-0.39, 0.29) is 0 Å². The van der Waals surface area contributed by atoms with E-state index < -0.39 is 18.0 Å². The second-order valence-corrected chi connectivity index (χ2v) is 2.66. The van der Waals surface area contributed by atoms with Crippen molar-refractivity contribution in [1.29, 1.82) is 0 Å². The van der Waals surface area contributed by atoms with Crippen LogP contribution in [0.15, 0.2) is 0 Å². The van der Waals surface area contributed by atoms with Crippen LogP contribution >= 0.6 is 0 Å². The van der Waals surface area contributed by atoms with Crippen LogP contribution in [0.3, 0.4) is 0 Å². The predicted molar refractivity (Wildman–Crippen MR) is 50.1 cm³/mol. The van der Waals surface area contributed by atoms with Crippen molar-refractivity contribution in [2.45, 2.75) is 19.9 Å². The molecule has 0 aliphatic rings. The van der Waals surface area contributed by atoms with E-state index in [2.05, 4.69) is 10.6 Å². The summed E-state index contributed by atoms with van der Waals surface area (Å²) in [6, 6.07) is -1.39. The van der Waals surface area contributed by atoms with Gasteiger partial charge < -0.3 is 20.5 Å². The number of rotatable bonds is 6. The van der Waals surface area contributed by atoms with Gasteiger partial charge in [-0.1, -0.05) is 0 Å². The van der Waals surface area contributed by atoms with E-state index >= 15 is 0 Å². The average molecular weight is 204 g/mol. The first-order valence-corrected chi connectivity index (χ1v) is 4.42. The Balaban J connectivity index is 3.50. The molecule has 0 radical (unpaired) electrons. The topological polar surface area (TPSA) is 87.7 Å². The summed E-state index contributed by atoms with van der Waals surface area (Å²) in [5.74, 6) is -1.06. The third-order valence-corrected chi connectivity index (χ3v) is 1.45. The molecule has 0 aromatic heterocycles. The van der Waals surface area contributed by atoms with E-state index in [1.165, 1.54) is 6.92 Å². The molecule has 0 bridgehead atoms. The van der Waals surface area contributed by atoms with Gasteiger partial charge in [0.15, 0.2) is 0 Å². The summed E-state index contributed by atoms with van der Waals surface area (Å²) >= 11 is 0. The lowest BCUT2D eigenvalue weighted by Crippen LogP contribution is -2.45. The van der Waals surface area contributed by atoms with E-state index in [1.54, 1.807) is 0 Å². The molecule has 0 saturated heterocycles. The third kappa shape index (κ3) is 6.24. The fraction of sp³-hybridized carbons (Fsp3) is 0.750. The molecule has 0 aliphatic heterocycles. The largest absolute Gasteiger partial charge is 0.480 e. The summed E-state index contributed by atoms with van der Waals surface area (Å²) in [6.45, 7) is 4.63. The number of carboxylic acids is 1. The maximum Gasteiger partial charge on any atom is 0.325 e. The minimum Gasteiger partial charge on any atom is -0.480 e. The first-order chi connectivity index (χ1) is 6.57. The standard InChI is InChI=1S/C8H16N2O4/c1-3-14-5-4-9-8(13)10-6(2)7(11)12/h6H,3-5H2,1-2H3,(H,11,12)(H2,9,10,13). The minimum absolute atomic E-state index is 0.367. The van der Waals surface area contributed by atoms with Gasteiger partial charge in [0.05, 0.1) is 6.61 Å². The highest BCUT2D eigenvalue weighted by atomic mass is 16.5. The highest BCUT2D eigenvalue weighted by molar-refractivity contribution is 5.82. The van der Waals surface area contributed by atoms with Crippen LogP contribution in [-0.4, -0.2) is 42.9 Å². The molecule has 0 aliphatic carbocycles. The number of carbonyl (C=O) groups is 2. The fourth-order valence-electron chi connectivity index (χ4n) is 0.690. The molecule has 6 heteroatoms. The summed E-state index contributed by atoms with van der Waals surface area (Å²) in [6.07, 6.45) is 0. The molecule has 0 fully saturated rings. The fourth-order valence-corrected chi connectivity index (χ4v) is 0.690. The minimum atomic E-state index is -1.06. The van der Waals surface area contributed by atoms with Crippen molar-refractivity contribution in [3.8, 4) is 0 Å². The molecule has 0 rings (SSSR count). The lowest BCUT2D eigenvalue weighted by atomic mass is 10.3. The van der Waals surface area contributed by atoms with E-state index in [9.17, 15) is 9.59 Å². The van der Waals surface area contributed by atoms with Gasteiger partial charge in [-0.15, -0.1) is 0 Å². The van der Waals surface area contributed by atoms with Gasteiger partial charge in [0.25, 0.3) is 0 Å². The molecule has 0 spiro atoms. The first-order valence-electron chi connectivity index (χ1n) is 4.42. The van der Waals surface area contributed by atoms with Crippen LogP contribution in [0.5, 0.6) is 0 Å². The molecule has 1 unspecified atom stereocenters. The summed E-state index contributed by atoms with van der Waals surface area (Å²) in [5, 5.41) is 13.2. The van der Waals surface area contributed by atoms with E-state index in [1.807, 2.05) is 6.92 Å². The van der Waals surface area contributed by atoms with Crippen LogP contribution in [0.1, 0.15) is 13.8 Å². The number of urea groups is 1. The number of carboxylic acid groups (broad SMARTS) is 1. The Morgan fingerprint density at radius 1 is 1.50 bits per heavy atom. The zero-order chi connectivity index (χ0) is 11.0. The van der Waals surface area contributed by atoms with Crippen molar-refractivity contribution >= 4 is 12.0 Å². The Hall–Kier alpha value is -1.30. The van der Waals surface area contributed by atoms with Crippen molar-refractivity contribution in [2.75, 3.05) is 19.8 Å². The number of hydrogen-bond acceptors (Lipinski definition) is 3. The molecule has 0 heterocycles. The Kier molecular flexibility index (Phi) is 6.47. The van der Waals surface area contributed by atoms with Crippen molar-refractivity contribution in [1.82, 2.24) is 10.6 Å². The molecule has 0 aromatic rings. The first kappa shape index (κ1) is 12.7.